The lowest BCUT2D eigenvalue weighted by molar-refractivity contribution is -0.115. The molecule has 0 aliphatic rings. The zero-order valence-corrected chi connectivity index (χ0v) is 14.1. The van der Waals surface area contributed by atoms with E-state index in [-0.39, 0.29) is 5.91 Å². The molecule has 1 aromatic heterocycles. The van der Waals surface area contributed by atoms with Gasteiger partial charge in [-0.1, -0.05) is 11.6 Å². The van der Waals surface area contributed by atoms with Gasteiger partial charge in [0.25, 0.3) is 0 Å². The van der Waals surface area contributed by atoms with Crippen LogP contribution in [-0.2, 0) is 4.79 Å². The number of thioether (sulfide) groups is 1. The fourth-order valence-corrected chi connectivity index (χ4v) is 2.76. The molecule has 3 N–H and O–H groups in total. The van der Waals surface area contributed by atoms with Crippen LogP contribution in [0.5, 0.6) is 0 Å². The third-order valence-corrected chi connectivity index (χ3v) is 4.22. The summed E-state index contributed by atoms with van der Waals surface area (Å²) in [5.41, 5.74) is 6.82. The zero-order valence-electron chi connectivity index (χ0n) is 11.0. The minimum absolute atomic E-state index is 0.0892. The number of aromatic nitrogens is 1. The van der Waals surface area contributed by atoms with Crippen molar-refractivity contribution in [1.29, 1.82) is 0 Å². The third-order valence-electron chi connectivity index (χ3n) is 2.57. The van der Waals surface area contributed by atoms with Crippen LogP contribution in [0, 0.1) is 0 Å². The van der Waals surface area contributed by atoms with Crippen molar-refractivity contribution in [2.75, 3.05) is 16.8 Å². The highest BCUT2D eigenvalue weighted by molar-refractivity contribution is 9.10. The molecule has 0 saturated carbocycles. The second-order valence-electron chi connectivity index (χ2n) is 4.19. The molecule has 1 heterocycles. The molecule has 21 heavy (non-hydrogen) atoms. The fourth-order valence-electron chi connectivity index (χ4n) is 1.56. The average Bonchev–Trinajstić information content (AvgIpc) is 2.44. The van der Waals surface area contributed by atoms with E-state index >= 15 is 0 Å². The number of amides is 1. The molecule has 0 radical (unpaired) electrons. The number of rotatable bonds is 5. The second kappa shape index (κ2) is 7.68. The Labute approximate surface area is 140 Å². The Balaban J connectivity index is 1.81. The van der Waals surface area contributed by atoms with Crippen molar-refractivity contribution in [3.05, 3.63) is 46.0 Å². The first-order valence-corrected chi connectivity index (χ1v) is 8.29. The topological polar surface area (TPSA) is 68.0 Å². The summed E-state index contributed by atoms with van der Waals surface area (Å²) in [4.78, 5) is 16.1. The van der Waals surface area contributed by atoms with Gasteiger partial charge in [0.05, 0.1) is 16.4 Å². The molecule has 1 amide bonds. The predicted molar refractivity (Wildman–Crippen MR) is 91.8 cm³/mol. The maximum atomic E-state index is 11.9. The molecule has 2 aromatic rings. The van der Waals surface area contributed by atoms with E-state index in [9.17, 15) is 4.79 Å². The van der Waals surface area contributed by atoms with E-state index in [4.69, 9.17) is 17.3 Å². The van der Waals surface area contributed by atoms with Gasteiger partial charge >= 0.3 is 0 Å². The molecule has 0 spiro atoms. The van der Waals surface area contributed by atoms with E-state index in [1.807, 2.05) is 12.1 Å². The maximum absolute atomic E-state index is 11.9. The minimum atomic E-state index is -0.0892. The van der Waals surface area contributed by atoms with Crippen molar-refractivity contribution in [2.45, 2.75) is 11.4 Å². The van der Waals surface area contributed by atoms with Gasteiger partial charge in [0.15, 0.2) is 0 Å². The van der Waals surface area contributed by atoms with Crippen LogP contribution < -0.4 is 11.1 Å². The molecule has 0 aliphatic carbocycles. The Morgan fingerprint density at radius 3 is 2.86 bits per heavy atom. The molecule has 0 unspecified atom stereocenters. The van der Waals surface area contributed by atoms with Crippen molar-refractivity contribution in [3.63, 3.8) is 0 Å². The van der Waals surface area contributed by atoms with Gasteiger partial charge in [0.2, 0.25) is 5.91 Å². The predicted octanol–water partition coefficient (Wildman–Crippen LogP) is 4.20. The molecule has 0 atom stereocenters. The molecular weight excluding hydrogens is 374 g/mol. The van der Waals surface area contributed by atoms with Crippen LogP contribution in [0.4, 0.5) is 11.4 Å². The summed E-state index contributed by atoms with van der Waals surface area (Å²) in [6.45, 7) is 0. The number of hydrogen-bond donors (Lipinski definition) is 2. The smallest absolute Gasteiger partial charge is 0.225 e. The first-order valence-electron chi connectivity index (χ1n) is 6.14. The van der Waals surface area contributed by atoms with Gasteiger partial charge in [0.1, 0.15) is 0 Å². The number of nitrogen functional groups attached to an aromatic ring is 1. The summed E-state index contributed by atoms with van der Waals surface area (Å²) in [6.07, 6.45) is 2.11. The number of carbonyl (C=O) groups is 1. The number of benzene rings is 1. The Morgan fingerprint density at radius 2 is 2.19 bits per heavy atom. The number of carbonyl (C=O) groups excluding carboxylic acids is 1. The number of pyridine rings is 1. The number of nitrogens with two attached hydrogens (primary N) is 1. The van der Waals surface area contributed by atoms with Crippen LogP contribution in [-0.4, -0.2) is 16.6 Å². The first-order chi connectivity index (χ1) is 10.0. The van der Waals surface area contributed by atoms with Gasteiger partial charge in [-0.05, 0) is 46.3 Å². The zero-order chi connectivity index (χ0) is 15.2. The Morgan fingerprint density at radius 1 is 1.38 bits per heavy atom. The largest absolute Gasteiger partial charge is 0.397 e. The minimum Gasteiger partial charge on any atom is -0.397 e. The van der Waals surface area contributed by atoms with Crippen LogP contribution in [0.1, 0.15) is 6.42 Å². The summed E-state index contributed by atoms with van der Waals surface area (Å²) >= 11 is 10.7. The van der Waals surface area contributed by atoms with Crippen molar-refractivity contribution in [1.82, 2.24) is 4.98 Å². The molecule has 0 saturated heterocycles. The van der Waals surface area contributed by atoms with E-state index in [1.165, 1.54) is 11.8 Å². The quantitative estimate of drug-likeness (QED) is 0.597. The lowest BCUT2D eigenvalue weighted by atomic mass is 10.2. The highest BCUT2D eigenvalue weighted by Gasteiger charge is 2.06. The third kappa shape index (κ3) is 5.22. The van der Waals surface area contributed by atoms with E-state index in [1.54, 1.807) is 24.4 Å². The fraction of sp³-hybridized carbons (Fsp3) is 0.143. The van der Waals surface area contributed by atoms with Crippen LogP contribution >= 0.6 is 39.3 Å². The molecule has 110 valence electrons. The number of anilines is 2. The Hall–Kier alpha value is -1.24. The Bertz CT molecular complexity index is 637. The van der Waals surface area contributed by atoms with E-state index in [0.717, 1.165) is 9.50 Å². The number of nitrogens with zero attached hydrogens (tertiary/aromatic N) is 1. The molecular formula is C14H13BrClN3OS. The van der Waals surface area contributed by atoms with Gasteiger partial charge in [0, 0.05) is 27.9 Å². The van der Waals surface area contributed by atoms with Gasteiger partial charge in [-0.25, -0.2) is 4.98 Å². The van der Waals surface area contributed by atoms with E-state index in [0.29, 0.717) is 28.6 Å². The first kappa shape index (κ1) is 16.1. The highest BCUT2D eigenvalue weighted by Crippen LogP contribution is 2.23. The SMILES string of the molecule is Nc1cc(Cl)ccc1NC(=O)CCSc1ccc(Br)cn1. The van der Waals surface area contributed by atoms with Gasteiger partial charge in [-0.3, -0.25) is 4.79 Å². The van der Waals surface area contributed by atoms with Crippen molar-refractivity contribution >= 4 is 56.6 Å². The molecule has 0 aliphatic heterocycles. The molecule has 0 bridgehead atoms. The number of halogens is 2. The van der Waals surface area contributed by atoms with Gasteiger partial charge in [-0.15, -0.1) is 11.8 Å². The number of nitrogens with one attached hydrogen (secondary N) is 1. The van der Waals surface area contributed by atoms with Gasteiger partial charge in [-0.2, -0.15) is 0 Å². The van der Waals surface area contributed by atoms with Gasteiger partial charge < -0.3 is 11.1 Å². The second-order valence-corrected chi connectivity index (χ2v) is 6.66. The molecule has 7 heteroatoms. The van der Waals surface area contributed by atoms with Crippen LogP contribution in [0.25, 0.3) is 0 Å². The number of hydrogen-bond acceptors (Lipinski definition) is 4. The Kier molecular flexibility index (Phi) is 5.90. The van der Waals surface area contributed by atoms with Crippen LogP contribution in [0.3, 0.4) is 0 Å². The average molecular weight is 387 g/mol. The van der Waals surface area contributed by atoms with E-state index in [2.05, 4.69) is 26.2 Å². The summed E-state index contributed by atoms with van der Waals surface area (Å²) in [5.74, 6) is 0.558. The lowest BCUT2D eigenvalue weighted by Crippen LogP contribution is -2.13. The molecule has 1 aromatic carbocycles. The summed E-state index contributed by atoms with van der Waals surface area (Å²) < 4.78 is 0.933. The maximum Gasteiger partial charge on any atom is 0.225 e. The lowest BCUT2D eigenvalue weighted by Gasteiger charge is -2.08. The summed E-state index contributed by atoms with van der Waals surface area (Å²) in [5, 5.41) is 4.20. The van der Waals surface area contributed by atoms with Crippen LogP contribution in [0.2, 0.25) is 5.02 Å². The summed E-state index contributed by atoms with van der Waals surface area (Å²) in [7, 11) is 0. The standard InChI is InChI=1S/C14H13BrClN3OS/c15-9-1-4-14(18-8-9)21-6-5-13(20)19-12-3-2-10(16)7-11(12)17/h1-4,7-8H,5-6,17H2,(H,19,20). The summed E-state index contributed by atoms with van der Waals surface area (Å²) in [6, 6.07) is 8.82. The van der Waals surface area contributed by atoms with Crippen molar-refractivity contribution < 1.29 is 4.79 Å². The van der Waals surface area contributed by atoms with E-state index < -0.39 is 0 Å². The molecule has 4 nitrogen and oxygen atoms in total. The van der Waals surface area contributed by atoms with Crippen molar-refractivity contribution in [3.8, 4) is 0 Å². The normalized spacial score (nSPS) is 10.4. The van der Waals surface area contributed by atoms with Crippen LogP contribution in [0.15, 0.2) is 46.0 Å². The highest BCUT2D eigenvalue weighted by atomic mass is 79.9. The monoisotopic (exact) mass is 385 g/mol. The van der Waals surface area contributed by atoms with Crippen molar-refractivity contribution in [2.24, 2.45) is 0 Å². The molecule has 0 fully saturated rings. The molecule has 2 rings (SSSR count).